The van der Waals surface area contributed by atoms with Crippen molar-refractivity contribution in [1.82, 2.24) is 5.32 Å². The maximum Gasteiger partial charge on any atom is 0.222 e. The van der Waals surface area contributed by atoms with E-state index in [4.69, 9.17) is 0 Å². The molecular formula is C10H21NO. The van der Waals surface area contributed by atoms with Crippen LogP contribution in [0.15, 0.2) is 0 Å². The molecule has 2 atom stereocenters. The van der Waals surface area contributed by atoms with Crippen LogP contribution in [-0.4, -0.2) is 12.5 Å². The molecule has 1 unspecified atom stereocenters. The number of rotatable bonds is 5. The third kappa shape index (κ3) is 4.37. The molecule has 0 radical (unpaired) electrons. The van der Waals surface area contributed by atoms with Crippen molar-refractivity contribution in [2.24, 2.45) is 11.8 Å². The minimum absolute atomic E-state index is 0.161. The summed E-state index contributed by atoms with van der Waals surface area (Å²) in [5.41, 5.74) is 0. The summed E-state index contributed by atoms with van der Waals surface area (Å²) in [7, 11) is 0. The van der Waals surface area contributed by atoms with Crippen molar-refractivity contribution < 1.29 is 4.79 Å². The van der Waals surface area contributed by atoms with Gasteiger partial charge in [-0.25, -0.2) is 0 Å². The molecule has 0 saturated carbocycles. The van der Waals surface area contributed by atoms with Crippen molar-refractivity contribution in [3.8, 4) is 0 Å². The Kier molecular flexibility index (Phi) is 5.77. The highest BCUT2D eigenvalue weighted by Gasteiger charge is 2.10. The molecule has 0 rings (SSSR count). The minimum Gasteiger partial charge on any atom is -0.356 e. The van der Waals surface area contributed by atoms with E-state index in [-0.39, 0.29) is 11.8 Å². The average Bonchev–Trinajstić information content (AvgIpc) is 2.11. The maximum absolute atomic E-state index is 11.3. The highest BCUT2D eigenvalue weighted by Crippen LogP contribution is 2.02. The first kappa shape index (κ1) is 11.5. The van der Waals surface area contributed by atoms with Gasteiger partial charge in [-0.15, -0.1) is 0 Å². The zero-order valence-electron chi connectivity index (χ0n) is 8.68. The Balaban J connectivity index is 3.56. The van der Waals surface area contributed by atoms with E-state index < -0.39 is 0 Å². The third-order valence-electron chi connectivity index (χ3n) is 2.38. The lowest BCUT2D eigenvalue weighted by Gasteiger charge is -2.13. The summed E-state index contributed by atoms with van der Waals surface area (Å²) in [5.74, 6) is 0.949. The van der Waals surface area contributed by atoms with Crippen LogP contribution in [-0.2, 0) is 4.79 Å². The molecular weight excluding hydrogens is 150 g/mol. The normalized spacial score (nSPS) is 15.3. The van der Waals surface area contributed by atoms with Crippen LogP contribution in [0.5, 0.6) is 0 Å². The summed E-state index contributed by atoms with van der Waals surface area (Å²) in [5, 5.41) is 2.95. The largest absolute Gasteiger partial charge is 0.356 e. The van der Waals surface area contributed by atoms with Crippen molar-refractivity contribution in [3.05, 3.63) is 0 Å². The Morgan fingerprint density at radius 2 is 1.83 bits per heavy atom. The van der Waals surface area contributed by atoms with Crippen LogP contribution >= 0.6 is 0 Å². The summed E-state index contributed by atoms with van der Waals surface area (Å²) in [4.78, 5) is 11.3. The summed E-state index contributed by atoms with van der Waals surface area (Å²) in [6, 6.07) is 0. The Morgan fingerprint density at radius 3 is 2.25 bits per heavy atom. The number of amides is 1. The second-order valence-electron chi connectivity index (χ2n) is 3.57. The summed E-state index contributed by atoms with van der Waals surface area (Å²) >= 11 is 0. The van der Waals surface area contributed by atoms with Gasteiger partial charge in [0.15, 0.2) is 0 Å². The van der Waals surface area contributed by atoms with Crippen LogP contribution in [0.1, 0.15) is 40.5 Å². The Labute approximate surface area is 75.7 Å². The lowest BCUT2D eigenvalue weighted by molar-refractivity contribution is -0.124. The molecule has 0 aliphatic heterocycles. The van der Waals surface area contributed by atoms with Crippen LogP contribution < -0.4 is 5.32 Å². The van der Waals surface area contributed by atoms with Crippen LogP contribution in [0.3, 0.4) is 0 Å². The van der Waals surface area contributed by atoms with Gasteiger partial charge in [-0.1, -0.05) is 34.1 Å². The molecule has 0 aromatic carbocycles. The Bertz CT molecular complexity index is 134. The zero-order chi connectivity index (χ0) is 9.56. The van der Waals surface area contributed by atoms with E-state index in [1.165, 1.54) is 0 Å². The van der Waals surface area contributed by atoms with Gasteiger partial charge in [0.05, 0.1) is 0 Å². The quantitative estimate of drug-likeness (QED) is 0.675. The molecule has 0 heterocycles. The average molecular weight is 171 g/mol. The van der Waals surface area contributed by atoms with Crippen molar-refractivity contribution in [2.75, 3.05) is 6.54 Å². The number of hydrogen-bond donors (Lipinski definition) is 1. The molecule has 0 aromatic rings. The Hall–Kier alpha value is -0.530. The second kappa shape index (κ2) is 6.04. The molecule has 2 nitrogen and oxygen atoms in total. The lowest BCUT2D eigenvalue weighted by atomic mass is 10.1. The second-order valence-corrected chi connectivity index (χ2v) is 3.57. The number of carbonyl (C=O) groups is 1. The van der Waals surface area contributed by atoms with Gasteiger partial charge >= 0.3 is 0 Å². The van der Waals surface area contributed by atoms with Crippen LogP contribution in [0, 0.1) is 11.8 Å². The summed E-state index contributed by atoms with van der Waals surface area (Å²) in [6.45, 7) is 9.11. The molecule has 0 fully saturated rings. The lowest BCUT2D eigenvalue weighted by Crippen LogP contribution is -2.32. The molecule has 2 heteroatoms. The van der Waals surface area contributed by atoms with E-state index >= 15 is 0 Å². The van der Waals surface area contributed by atoms with E-state index in [0.717, 1.165) is 19.4 Å². The summed E-state index contributed by atoms with van der Waals surface area (Å²) in [6.07, 6.45) is 2.05. The van der Waals surface area contributed by atoms with Gasteiger partial charge in [0, 0.05) is 12.5 Å². The van der Waals surface area contributed by atoms with Gasteiger partial charge in [0.1, 0.15) is 0 Å². The topological polar surface area (TPSA) is 29.1 Å². The first-order valence-corrected chi connectivity index (χ1v) is 4.89. The van der Waals surface area contributed by atoms with Crippen molar-refractivity contribution in [2.45, 2.75) is 40.5 Å². The standard InChI is InChI=1S/C10H21NO/c1-5-8(3)7-11-10(12)9(4)6-2/h8-9H,5-7H2,1-4H3,(H,11,12)/t8?,9-/m0/s1. The van der Waals surface area contributed by atoms with E-state index in [1.807, 2.05) is 13.8 Å². The van der Waals surface area contributed by atoms with Gasteiger partial charge in [0.25, 0.3) is 0 Å². The first-order valence-electron chi connectivity index (χ1n) is 4.89. The zero-order valence-corrected chi connectivity index (χ0v) is 8.68. The highest BCUT2D eigenvalue weighted by molar-refractivity contribution is 5.78. The number of carbonyl (C=O) groups excluding carboxylic acids is 1. The van der Waals surface area contributed by atoms with E-state index in [0.29, 0.717) is 5.92 Å². The third-order valence-corrected chi connectivity index (χ3v) is 2.38. The first-order chi connectivity index (χ1) is 5.61. The molecule has 0 aliphatic carbocycles. The van der Waals surface area contributed by atoms with E-state index in [9.17, 15) is 4.79 Å². The molecule has 0 saturated heterocycles. The fourth-order valence-electron chi connectivity index (χ4n) is 0.779. The van der Waals surface area contributed by atoms with Gasteiger partial charge in [-0.2, -0.15) is 0 Å². The predicted molar refractivity (Wildman–Crippen MR) is 51.9 cm³/mol. The van der Waals surface area contributed by atoms with E-state index in [2.05, 4.69) is 19.2 Å². The number of hydrogen-bond acceptors (Lipinski definition) is 1. The molecule has 1 amide bonds. The molecule has 12 heavy (non-hydrogen) atoms. The van der Waals surface area contributed by atoms with Crippen molar-refractivity contribution >= 4 is 5.91 Å². The molecule has 0 aromatic heterocycles. The fourth-order valence-corrected chi connectivity index (χ4v) is 0.779. The van der Waals surface area contributed by atoms with Crippen molar-refractivity contribution in [1.29, 1.82) is 0 Å². The molecule has 72 valence electrons. The maximum atomic E-state index is 11.3. The predicted octanol–water partition coefficient (Wildman–Crippen LogP) is 2.19. The van der Waals surface area contributed by atoms with Gasteiger partial charge in [-0.3, -0.25) is 4.79 Å². The molecule has 1 N–H and O–H groups in total. The van der Waals surface area contributed by atoms with Crippen LogP contribution in [0.4, 0.5) is 0 Å². The monoisotopic (exact) mass is 171 g/mol. The highest BCUT2D eigenvalue weighted by atomic mass is 16.1. The Morgan fingerprint density at radius 1 is 1.25 bits per heavy atom. The van der Waals surface area contributed by atoms with Gasteiger partial charge in [0.2, 0.25) is 5.91 Å². The fraction of sp³-hybridized carbons (Fsp3) is 0.900. The minimum atomic E-state index is 0.161. The van der Waals surface area contributed by atoms with E-state index in [1.54, 1.807) is 0 Å². The van der Waals surface area contributed by atoms with Crippen LogP contribution in [0.2, 0.25) is 0 Å². The molecule has 0 aliphatic rings. The summed E-state index contributed by atoms with van der Waals surface area (Å²) < 4.78 is 0. The smallest absolute Gasteiger partial charge is 0.222 e. The van der Waals surface area contributed by atoms with Gasteiger partial charge < -0.3 is 5.32 Å². The molecule has 0 spiro atoms. The SMILES string of the molecule is CCC(C)CNC(=O)[C@@H](C)CC. The number of nitrogens with one attached hydrogen (secondary N) is 1. The van der Waals surface area contributed by atoms with Crippen LogP contribution in [0.25, 0.3) is 0 Å². The van der Waals surface area contributed by atoms with Gasteiger partial charge in [-0.05, 0) is 12.3 Å². The van der Waals surface area contributed by atoms with Crippen molar-refractivity contribution in [3.63, 3.8) is 0 Å². The molecule has 0 bridgehead atoms.